The highest BCUT2D eigenvalue weighted by atomic mass is 16.4. The van der Waals surface area contributed by atoms with Crippen LogP contribution in [0.4, 0.5) is 0 Å². The zero-order valence-corrected chi connectivity index (χ0v) is 18.7. The molecule has 0 radical (unpaired) electrons. The van der Waals surface area contributed by atoms with Gasteiger partial charge < -0.3 is 5.11 Å². The van der Waals surface area contributed by atoms with Crippen LogP contribution in [0.5, 0.6) is 0 Å². The molecule has 3 rings (SSSR count). The summed E-state index contributed by atoms with van der Waals surface area (Å²) in [5.41, 5.74) is 3.19. The minimum atomic E-state index is -0.967. The van der Waals surface area contributed by atoms with Crippen molar-refractivity contribution in [3.8, 4) is 11.1 Å². The molecule has 0 atom stereocenters. The largest absolute Gasteiger partial charge is 0.478 e. The second-order valence-corrected chi connectivity index (χ2v) is 8.01. The van der Waals surface area contributed by atoms with Gasteiger partial charge in [0.25, 0.3) is 0 Å². The maximum absolute atomic E-state index is 13.0. The molecule has 0 aliphatic rings. The van der Waals surface area contributed by atoms with Gasteiger partial charge in [-0.3, -0.25) is 9.36 Å². The first kappa shape index (κ1) is 23.3. The molecule has 2 aromatic carbocycles. The second kappa shape index (κ2) is 10.8. The lowest BCUT2D eigenvalue weighted by molar-refractivity contribution is 0.0697. The topological polar surface area (TPSA) is 81.3 Å². The third-order valence-corrected chi connectivity index (χ3v) is 5.62. The number of nitrogens with zero attached hydrogens (tertiary/aromatic N) is 2. The number of aromatic nitrogens is 2. The van der Waals surface area contributed by atoms with Gasteiger partial charge in [0.2, 0.25) is 5.91 Å². The van der Waals surface area contributed by atoms with Crippen LogP contribution in [-0.4, -0.2) is 26.1 Å². The highest BCUT2D eigenvalue weighted by molar-refractivity contribution is 5.96. The van der Waals surface area contributed by atoms with Crippen LogP contribution in [0.1, 0.15) is 72.4 Å². The molecule has 1 heterocycles. The van der Waals surface area contributed by atoms with Crippen molar-refractivity contribution in [1.29, 1.82) is 0 Å². The van der Waals surface area contributed by atoms with Gasteiger partial charge in [-0.2, -0.15) is 0 Å². The molecule has 32 heavy (non-hydrogen) atoms. The minimum Gasteiger partial charge on any atom is -0.478 e. The molecule has 0 amide bonds. The van der Waals surface area contributed by atoms with Crippen LogP contribution in [0.2, 0.25) is 0 Å². The van der Waals surface area contributed by atoms with E-state index in [0.717, 1.165) is 48.9 Å². The lowest BCUT2D eigenvalue weighted by Gasteiger charge is -2.10. The zero-order chi connectivity index (χ0) is 23.1. The van der Waals surface area contributed by atoms with Gasteiger partial charge in [-0.25, -0.2) is 14.2 Å². The first-order valence-electron chi connectivity index (χ1n) is 11.2. The third-order valence-electron chi connectivity index (χ3n) is 5.62. The Morgan fingerprint density at radius 1 is 0.938 bits per heavy atom. The lowest BCUT2D eigenvalue weighted by Crippen LogP contribution is -2.29. The number of carboxylic acids is 1. The number of carbonyl (C=O) groups excluding carboxylic acids is 1. The summed E-state index contributed by atoms with van der Waals surface area (Å²) in [6.07, 6.45) is 6.42. The molecule has 0 saturated heterocycles. The fraction of sp³-hybridized carbons (Fsp3) is 0.346. The van der Waals surface area contributed by atoms with E-state index in [1.54, 1.807) is 29.0 Å². The summed E-state index contributed by atoms with van der Waals surface area (Å²) in [6, 6.07) is 14.4. The van der Waals surface area contributed by atoms with E-state index in [9.17, 15) is 19.5 Å². The SMILES string of the molecule is CCCCC(=O)n1cc(CCCC)n(Cc2ccc(-c3ccccc3C(=O)O)cc2)c1=O. The molecule has 1 N–H and O–H groups in total. The number of benzene rings is 2. The Hall–Kier alpha value is -3.41. The molecule has 0 bridgehead atoms. The van der Waals surface area contributed by atoms with Crippen LogP contribution < -0.4 is 5.69 Å². The summed E-state index contributed by atoms with van der Waals surface area (Å²) < 4.78 is 2.94. The Labute approximate surface area is 188 Å². The molecule has 6 nitrogen and oxygen atoms in total. The monoisotopic (exact) mass is 434 g/mol. The first-order valence-corrected chi connectivity index (χ1v) is 11.2. The van der Waals surface area contributed by atoms with Gasteiger partial charge in [-0.1, -0.05) is 69.2 Å². The van der Waals surface area contributed by atoms with Gasteiger partial charge in [0.15, 0.2) is 0 Å². The summed E-state index contributed by atoms with van der Waals surface area (Å²) in [5, 5.41) is 9.44. The van der Waals surface area contributed by atoms with Crippen LogP contribution >= 0.6 is 0 Å². The third kappa shape index (κ3) is 5.25. The molecule has 168 valence electrons. The number of hydrogen-bond donors (Lipinski definition) is 1. The van der Waals surface area contributed by atoms with E-state index in [-0.39, 0.29) is 17.2 Å². The van der Waals surface area contributed by atoms with Crippen molar-refractivity contribution < 1.29 is 14.7 Å². The van der Waals surface area contributed by atoms with Crippen molar-refractivity contribution in [2.24, 2.45) is 0 Å². The van der Waals surface area contributed by atoms with Gasteiger partial charge in [-0.05, 0) is 42.0 Å². The van der Waals surface area contributed by atoms with Crippen molar-refractivity contribution in [2.75, 3.05) is 0 Å². The predicted molar refractivity (Wildman–Crippen MR) is 125 cm³/mol. The summed E-state index contributed by atoms with van der Waals surface area (Å²) in [6.45, 7) is 4.48. The molecule has 0 unspecified atom stereocenters. The Morgan fingerprint density at radius 3 is 2.28 bits per heavy atom. The number of hydrogen-bond acceptors (Lipinski definition) is 3. The Morgan fingerprint density at radius 2 is 1.62 bits per heavy atom. The Bertz CT molecular complexity index is 1140. The van der Waals surface area contributed by atoms with Crippen LogP contribution in [0.3, 0.4) is 0 Å². The van der Waals surface area contributed by atoms with Crippen molar-refractivity contribution >= 4 is 11.9 Å². The van der Waals surface area contributed by atoms with Crippen LogP contribution in [-0.2, 0) is 13.0 Å². The summed E-state index contributed by atoms with van der Waals surface area (Å²) in [7, 11) is 0. The minimum absolute atomic E-state index is 0.158. The lowest BCUT2D eigenvalue weighted by atomic mass is 9.99. The normalized spacial score (nSPS) is 10.9. The van der Waals surface area contributed by atoms with Crippen molar-refractivity contribution in [3.63, 3.8) is 0 Å². The van der Waals surface area contributed by atoms with Crippen LogP contribution in [0.25, 0.3) is 11.1 Å². The first-order chi connectivity index (χ1) is 15.5. The van der Waals surface area contributed by atoms with E-state index >= 15 is 0 Å². The molecular formula is C26H30N2O4. The van der Waals surface area contributed by atoms with Gasteiger partial charge >= 0.3 is 11.7 Å². The van der Waals surface area contributed by atoms with E-state index in [4.69, 9.17) is 0 Å². The van der Waals surface area contributed by atoms with Crippen molar-refractivity contribution in [3.05, 3.63) is 82.0 Å². The molecule has 1 aromatic heterocycles. The molecular weight excluding hydrogens is 404 g/mol. The maximum atomic E-state index is 13.0. The van der Waals surface area contributed by atoms with E-state index < -0.39 is 5.97 Å². The number of carbonyl (C=O) groups is 2. The molecule has 0 aliphatic heterocycles. The molecule has 0 saturated carbocycles. The van der Waals surface area contributed by atoms with Crippen molar-refractivity contribution in [1.82, 2.24) is 9.13 Å². The highest BCUT2D eigenvalue weighted by Crippen LogP contribution is 2.24. The number of unbranched alkanes of at least 4 members (excludes halogenated alkanes) is 2. The number of carboxylic acid groups (broad SMARTS) is 1. The fourth-order valence-electron chi connectivity index (χ4n) is 3.77. The van der Waals surface area contributed by atoms with Gasteiger partial charge in [0.1, 0.15) is 0 Å². The Kier molecular flexibility index (Phi) is 7.82. The average Bonchev–Trinajstić information content (AvgIpc) is 3.11. The standard InChI is InChI=1S/C26H30N2O4/c1-3-5-9-21-18-28(24(29)12-6-4-2)26(32)27(21)17-19-13-15-20(16-14-19)22-10-7-8-11-23(22)25(30)31/h7-8,10-11,13-16,18H,3-6,9,12,17H2,1-2H3,(H,30,31). The van der Waals surface area contributed by atoms with E-state index in [1.807, 2.05) is 37.3 Å². The molecule has 0 fully saturated rings. The quantitative estimate of drug-likeness (QED) is 0.473. The maximum Gasteiger partial charge on any atom is 0.336 e. The summed E-state index contributed by atoms with van der Waals surface area (Å²) in [4.78, 5) is 37.0. The Balaban J connectivity index is 1.89. The molecule has 0 aliphatic carbocycles. The predicted octanol–water partition coefficient (Wildman–Crippen LogP) is 5.24. The van der Waals surface area contributed by atoms with E-state index in [2.05, 4.69) is 6.92 Å². The van der Waals surface area contributed by atoms with Crippen LogP contribution in [0, 0.1) is 0 Å². The van der Waals surface area contributed by atoms with Gasteiger partial charge in [0, 0.05) is 18.3 Å². The zero-order valence-electron chi connectivity index (χ0n) is 18.7. The molecule has 3 aromatic rings. The summed E-state index contributed by atoms with van der Waals surface area (Å²) in [5.74, 6) is -1.13. The number of rotatable bonds is 10. The van der Waals surface area contributed by atoms with Gasteiger partial charge in [-0.15, -0.1) is 0 Å². The summed E-state index contributed by atoms with van der Waals surface area (Å²) >= 11 is 0. The van der Waals surface area contributed by atoms with E-state index in [0.29, 0.717) is 18.5 Å². The average molecular weight is 435 g/mol. The van der Waals surface area contributed by atoms with Crippen LogP contribution in [0.15, 0.2) is 59.5 Å². The second-order valence-electron chi connectivity index (χ2n) is 8.01. The number of aromatic carboxylic acids is 1. The van der Waals surface area contributed by atoms with E-state index in [1.165, 1.54) is 4.57 Å². The highest BCUT2D eigenvalue weighted by Gasteiger charge is 2.16. The molecule has 6 heteroatoms. The fourth-order valence-corrected chi connectivity index (χ4v) is 3.77. The molecule has 0 spiro atoms. The number of aryl methyl sites for hydroxylation is 1. The van der Waals surface area contributed by atoms with Gasteiger partial charge in [0.05, 0.1) is 12.1 Å². The smallest absolute Gasteiger partial charge is 0.336 e. The number of imidazole rings is 1. The van der Waals surface area contributed by atoms with Crippen molar-refractivity contribution in [2.45, 2.75) is 58.9 Å².